The quantitative estimate of drug-likeness (QED) is 0.907. The lowest BCUT2D eigenvalue weighted by atomic mass is 9.70. The number of hydrogen-bond acceptors (Lipinski definition) is 2. The van der Waals surface area contributed by atoms with Gasteiger partial charge in [-0.15, -0.1) is 0 Å². The van der Waals surface area contributed by atoms with E-state index in [0.29, 0.717) is 0 Å². The number of piperidine rings is 1. The normalized spacial score (nSPS) is 22.7. The molecule has 1 aromatic rings. The summed E-state index contributed by atoms with van der Waals surface area (Å²) in [6, 6.07) is 4.36. The van der Waals surface area contributed by atoms with Crippen molar-refractivity contribution >= 4 is 5.91 Å². The van der Waals surface area contributed by atoms with E-state index >= 15 is 0 Å². The first-order valence-electron chi connectivity index (χ1n) is 8.51. The first-order valence-corrected chi connectivity index (χ1v) is 8.51. The molecule has 0 radical (unpaired) electrons. The summed E-state index contributed by atoms with van der Waals surface area (Å²) in [6.45, 7) is 11.5. The zero-order valence-corrected chi connectivity index (χ0v) is 14.5. The molecule has 0 aliphatic carbocycles. The molecule has 1 atom stereocenters. The van der Waals surface area contributed by atoms with Gasteiger partial charge >= 0.3 is 0 Å². The topological polar surface area (TPSA) is 46.3 Å². The van der Waals surface area contributed by atoms with E-state index in [4.69, 9.17) is 5.73 Å². The van der Waals surface area contributed by atoms with E-state index in [9.17, 15) is 4.79 Å². The molecule has 1 saturated heterocycles. The van der Waals surface area contributed by atoms with Gasteiger partial charge < -0.3 is 10.6 Å². The average Bonchev–Trinajstić information content (AvgIpc) is 2.44. The van der Waals surface area contributed by atoms with Gasteiger partial charge in [-0.25, -0.2) is 0 Å². The van der Waals surface area contributed by atoms with Crippen molar-refractivity contribution in [3.8, 4) is 0 Å². The van der Waals surface area contributed by atoms with Crippen molar-refractivity contribution in [2.45, 2.75) is 58.8 Å². The number of aryl methyl sites for hydroxylation is 3. The number of amides is 1. The Balaban J connectivity index is 2.43. The lowest BCUT2D eigenvalue weighted by Crippen LogP contribution is -2.54. The van der Waals surface area contributed by atoms with Crippen molar-refractivity contribution in [1.29, 1.82) is 0 Å². The molecule has 0 spiro atoms. The minimum atomic E-state index is -0.520. The molecule has 0 bridgehead atoms. The number of carbonyl (C=O) groups is 1. The summed E-state index contributed by atoms with van der Waals surface area (Å²) in [4.78, 5) is 14.9. The summed E-state index contributed by atoms with van der Waals surface area (Å²) in [7, 11) is 0. The Morgan fingerprint density at radius 2 is 1.91 bits per heavy atom. The lowest BCUT2D eigenvalue weighted by molar-refractivity contribution is -0.125. The monoisotopic (exact) mass is 302 g/mol. The number of benzene rings is 1. The fraction of sp³-hybridized carbons (Fsp3) is 0.632. The molecule has 1 heterocycles. The molecule has 1 fully saturated rings. The molecule has 1 aliphatic rings. The number of unbranched alkanes of at least 4 members (excludes halogenated alkanes) is 1. The number of primary amides is 1. The van der Waals surface area contributed by atoms with E-state index < -0.39 is 5.41 Å². The second-order valence-corrected chi connectivity index (χ2v) is 6.95. The first-order chi connectivity index (χ1) is 10.4. The minimum absolute atomic E-state index is 0.163. The van der Waals surface area contributed by atoms with Gasteiger partial charge in [0.1, 0.15) is 0 Å². The van der Waals surface area contributed by atoms with Gasteiger partial charge in [-0.2, -0.15) is 0 Å². The summed E-state index contributed by atoms with van der Waals surface area (Å²) in [5.74, 6) is -0.163. The number of nitrogens with two attached hydrogens (primary N) is 1. The van der Waals surface area contributed by atoms with Crippen LogP contribution in [-0.4, -0.2) is 30.4 Å². The Hall–Kier alpha value is -1.35. The van der Waals surface area contributed by atoms with Crippen molar-refractivity contribution in [2.75, 3.05) is 19.6 Å². The standard InChI is InChI=1S/C19H30N2O/c1-5-6-9-21-10-7-8-19(13-21,18(20)22)17-15(3)11-14(2)12-16(17)4/h11-12H,5-10,13H2,1-4H3,(H2,20,22). The highest BCUT2D eigenvalue weighted by Crippen LogP contribution is 2.38. The third kappa shape index (κ3) is 3.19. The smallest absolute Gasteiger partial charge is 0.229 e. The van der Waals surface area contributed by atoms with Crippen LogP contribution in [0.25, 0.3) is 0 Å². The Labute approximate surface area is 134 Å². The number of carbonyl (C=O) groups excluding carboxylic acids is 1. The van der Waals surface area contributed by atoms with Crippen molar-refractivity contribution in [3.63, 3.8) is 0 Å². The van der Waals surface area contributed by atoms with Crippen molar-refractivity contribution in [1.82, 2.24) is 4.90 Å². The lowest BCUT2D eigenvalue weighted by Gasteiger charge is -2.42. The Kier molecular flexibility index (Phi) is 5.28. The van der Waals surface area contributed by atoms with Gasteiger partial charge in [-0.1, -0.05) is 31.0 Å². The largest absolute Gasteiger partial charge is 0.369 e. The number of hydrogen-bond donors (Lipinski definition) is 1. The van der Waals surface area contributed by atoms with Crippen LogP contribution in [0.5, 0.6) is 0 Å². The maximum absolute atomic E-state index is 12.5. The zero-order valence-electron chi connectivity index (χ0n) is 14.5. The number of likely N-dealkylation sites (tertiary alicyclic amines) is 1. The molecule has 1 amide bonds. The van der Waals surface area contributed by atoms with Crippen LogP contribution in [0.2, 0.25) is 0 Å². The molecule has 3 nitrogen and oxygen atoms in total. The maximum Gasteiger partial charge on any atom is 0.229 e. The van der Waals surface area contributed by atoms with Crippen LogP contribution >= 0.6 is 0 Å². The van der Waals surface area contributed by atoms with Crippen LogP contribution < -0.4 is 5.73 Å². The maximum atomic E-state index is 12.5. The van der Waals surface area contributed by atoms with Crippen molar-refractivity contribution < 1.29 is 4.79 Å². The summed E-state index contributed by atoms with van der Waals surface area (Å²) in [6.07, 6.45) is 4.28. The molecule has 2 rings (SSSR count). The van der Waals surface area contributed by atoms with Crippen LogP contribution in [0.3, 0.4) is 0 Å². The third-order valence-corrected chi connectivity index (χ3v) is 5.03. The average molecular weight is 302 g/mol. The van der Waals surface area contributed by atoms with Crippen molar-refractivity contribution in [3.05, 3.63) is 34.4 Å². The highest BCUT2D eigenvalue weighted by atomic mass is 16.1. The van der Waals surface area contributed by atoms with Crippen LogP contribution in [0, 0.1) is 20.8 Å². The second kappa shape index (κ2) is 6.82. The summed E-state index contributed by atoms with van der Waals surface area (Å²) >= 11 is 0. The van der Waals surface area contributed by atoms with E-state index in [0.717, 1.165) is 32.5 Å². The summed E-state index contributed by atoms with van der Waals surface area (Å²) in [5.41, 5.74) is 10.2. The number of rotatable bonds is 5. The van der Waals surface area contributed by atoms with Crippen LogP contribution in [0.4, 0.5) is 0 Å². The number of nitrogens with zero attached hydrogens (tertiary/aromatic N) is 1. The van der Waals surface area contributed by atoms with Gasteiger partial charge in [-0.3, -0.25) is 4.79 Å². The summed E-state index contributed by atoms with van der Waals surface area (Å²) in [5, 5.41) is 0. The van der Waals surface area contributed by atoms with Gasteiger partial charge in [0.05, 0.1) is 5.41 Å². The van der Waals surface area contributed by atoms with E-state index in [-0.39, 0.29) is 5.91 Å². The van der Waals surface area contributed by atoms with Gasteiger partial charge in [0.2, 0.25) is 5.91 Å². The predicted octanol–water partition coefficient (Wildman–Crippen LogP) is 3.23. The van der Waals surface area contributed by atoms with E-state index in [1.54, 1.807) is 0 Å². The highest BCUT2D eigenvalue weighted by Gasteiger charge is 2.43. The Morgan fingerprint density at radius 3 is 2.45 bits per heavy atom. The third-order valence-electron chi connectivity index (χ3n) is 5.03. The molecule has 22 heavy (non-hydrogen) atoms. The Morgan fingerprint density at radius 1 is 1.27 bits per heavy atom. The minimum Gasteiger partial charge on any atom is -0.369 e. The molecular formula is C19H30N2O. The molecule has 0 saturated carbocycles. The molecule has 1 aromatic carbocycles. The van der Waals surface area contributed by atoms with E-state index in [2.05, 4.69) is 44.7 Å². The van der Waals surface area contributed by atoms with Gasteiger partial charge in [0.15, 0.2) is 0 Å². The Bertz CT molecular complexity index is 529. The molecule has 3 heteroatoms. The van der Waals surface area contributed by atoms with E-state index in [1.165, 1.54) is 35.1 Å². The predicted molar refractivity (Wildman–Crippen MR) is 92.1 cm³/mol. The molecule has 1 aliphatic heterocycles. The molecule has 2 N–H and O–H groups in total. The van der Waals surface area contributed by atoms with Gasteiger partial charge in [0, 0.05) is 6.54 Å². The fourth-order valence-corrected chi connectivity index (χ4v) is 4.18. The molecular weight excluding hydrogens is 272 g/mol. The molecule has 0 aromatic heterocycles. The second-order valence-electron chi connectivity index (χ2n) is 6.95. The van der Waals surface area contributed by atoms with Gasteiger partial charge in [0.25, 0.3) is 0 Å². The first kappa shape index (κ1) is 17.0. The highest BCUT2D eigenvalue weighted by molar-refractivity contribution is 5.88. The van der Waals surface area contributed by atoms with Crippen LogP contribution in [0.15, 0.2) is 12.1 Å². The fourth-order valence-electron chi connectivity index (χ4n) is 4.18. The van der Waals surface area contributed by atoms with Crippen LogP contribution in [-0.2, 0) is 10.2 Å². The van der Waals surface area contributed by atoms with Gasteiger partial charge in [-0.05, 0) is 69.8 Å². The van der Waals surface area contributed by atoms with Crippen LogP contribution in [0.1, 0.15) is 54.9 Å². The molecule has 122 valence electrons. The SMILES string of the molecule is CCCCN1CCCC(C(N)=O)(c2c(C)cc(C)cc2C)C1. The summed E-state index contributed by atoms with van der Waals surface area (Å²) < 4.78 is 0. The van der Waals surface area contributed by atoms with E-state index in [1.807, 2.05) is 0 Å². The van der Waals surface area contributed by atoms with Crippen molar-refractivity contribution in [2.24, 2.45) is 5.73 Å². The zero-order chi connectivity index (χ0) is 16.3. The molecule has 1 unspecified atom stereocenters.